The number of hydrogen-bond donors (Lipinski definition) is 1. The molecule has 0 aromatic heterocycles. The third-order valence-corrected chi connectivity index (χ3v) is 1.80. The Morgan fingerprint density at radius 2 is 2.18 bits per heavy atom. The summed E-state index contributed by atoms with van der Waals surface area (Å²) in [6, 6.07) is 0. The van der Waals surface area contributed by atoms with E-state index in [9.17, 15) is 0 Å². The summed E-state index contributed by atoms with van der Waals surface area (Å²) in [5.74, 6) is 1.08. The predicted octanol–water partition coefficient (Wildman–Crippen LogP) is 0.677. The molecule has 1 fully saturated rings. The van der Waals surface area contributed by atoms with Crippen LogP contribution >= 0.6 is 0 Å². The van der Waals surface area contributed by atoms with Crippen LogP contribution in [0.5, 0.6) is 0 Å². The second-order valence-corrected chi connectivity index (χ2v) is 2.67. The highest BCUT2D eigenvalue weighted by atomic mass is 15.3. The molecule has 1 aliphatic heterocycles. The smallest absolute Gasteiger partial charge is 0.193 e. The maximum atomic E-state index is 4.37. The molecular weight excluding hydrogens is 138 g/mol. The van der Waals surface area contributed by atoms with Gasteiger partial charge < -0.3 is 10.2 Å². The normalized spacial score (nSPS) is 18.0. The molecule has 1 aliphatic rings. The number of rotatable bonds is 2. The molecule has 1 saturated heterocycles. The first-order chi connectivity index (χ1) is 5.38. The highest BCUT2D eigenvalue weighted by molar-refractivity contribution is 5.80. The average Bonchev–Trinajstić information content (AvgIpc) is 1.85. The lowest BCUT2D eigenvalue weighted by molar-refractivity contribution is 0.289. The Bertz CT molecular complexity index is 138. The zero-order valence-corrected chi connectivity index (χ0v) is 7.43. The van der Waals surface area contributed by atoms with Crippen LogP contribution in [0, 0.1) is 0 Å². The largest absolute Gasteiger partial charge is 0.357 e. The number of hydrogen-bond acceptors (Lipinski definition) is 1. The maximum absolute atomic E-state index is 4.37. The van der Waals surface area contributed by atoms with Gasteiger partial charge in [0.25, 0.3) is 0 Å². The van der Waals surface area contributed by atoms with Crippen molar-refractivity contribution in [1.29, 1.82) is 0 Å². The molecule has 3 heteroatoms. The van der Waals surface area contributed by atoms with E-state index in [0.717, 1.165) is 19.0 Å². The molecule has 0 aromatic rings. The third-order valence-electron chi connectivity index (χ3n) is 1.80. The minimum atomic E-state index is 0.874. The van der Waals surface area contributed by atoms with Crippen molar-refractivity contribution >= 4 is 5.96 Å². The number of guanidine groups is 1. The van der Waals surface area contributed by atoms with Gasteiger partial charge in [-0.1, -0.05) is 0 Å². The molecule has 3 nitrogen and oxygen atoms in total. The maximum Gasteiger partial charge on any atom is 0.193 e. The molecule has 11 heavy (non-hydrogen) atoms. The summed E-state index contributed by atoms with van der Waals surface area (Å²) in [7, 11) is 0. The molecule has 0 amide bonds. The SMILES string of the molecule is CCN=C(NCC)N1CCC1. The van der Waals surface area contributed by atoms with Gasteiger partial charge in [-0.2, -0.15) is 0 Å². The van der Waals surface area contributed by atoms with Crippen molar-refractivity contribution in [1.82, 2.24) is 10.2 Å². The molecule has 0 aromatic carbocycles. The van der Waals surface area contributed by atoms with Crippen LogP contribution in [-0.2, 0) is 0 Å². The van der Waals surface area contributed by atoms with Crippen LogP contribution in [0.3, 0.4) is 0 Å². The molecule has 0 aliphatic carbocycles. The number of aliphatic imine (C=N–C) groups is 1. The summed E-state index contributed by atoms with van der Waals surface area (Å²) in [5.41, 5.74) is 0. The minimum Gasteiger partial charge on any atom is -0.357 e. The third kappa shape index (κ3) is 2.10. The van der Waals surface area contributed by atoms with E-state index in [-0.39, 0.29) is 0 Å². The van der Waals surface area contributed by atoms with Crippen molar-refractivity contribution < 1.29 is 0 Å². The van der Waals surface area contributed by atoms with Crippen LogP contribution < -0.4 is 5.32 Å². The first-order valence-electron chi connectivity index (χ1n) is 4.41. The van der Waals surface area contributed by atoms with Gasteiger partial charge in [0, 0.05) is 26.2 Å². The van der Waals surface area contributed by atoms with Gasteiger partial charge in [-0.3, -0.25) is 4.99 Å². The van der Waals surface area contributed by atoms with E-state index in [4.69, 9.17) is 0 Å². The first kappa shape index (κ1) is 8.37. The molecule has 0 unspecified atom stereocenters. The Balaban J connectivity index is 2.37. The number of nitrogens with one attached hydrogen (secondary N) is 1. The molecule has 0 atom stereocenters. The standard InChI is InChI=1S/C8H17N3/c1-3-9-8(10-4-2)11-6-5-7-11/h3-7H2,1-2H3,(H,9,10). The van der Waals surface area contributed by atoms with Crippen molar-refractivity contribution in [2.75, 3.05) is 26.2 Å². The van der Waals surface area contributed by atoms with Crippen LogP contribution in [0.1, 0.15) is 20.3 Å². The van der Waals surface area contributed by atoms with Crippen LogP contribution in [0.25, 0.3) is 0 Å². The fraction of sp³-hybridized carbons (Fsp3) is 0.875. The fourth-order valence-electron chi connectivity index (χ4n) is 1.10. The van der Waals surface area contributed by atoms with E-state index in [1.165, 1.54) is 19.5 Å². The Kier molecular flexibility index (Phi) is 3.20. The van der Waals surface area contributed by atoms with Gasteiger partial charge in [0.15, 0.2) is 5.96 Å². The van der Waals surface area contributed by atoms with Crippen molar-refractivity contribution in [3.63, 3.8) is 0 Å². The highest BCUT2D eigenvalue weighted by Gasteiger charge is 2.16. The Hall–Kier alpha value is -0.730. The molecule has 1 rings (SSSR count). The molecular formula is C8H17N3. The van der Waals surface area contributed by atoms with Gasteiger partial charge in [0.05, 0.1) is 0 Å². The summed E-state index contributed by atoms with van der Waals surface area (Å²) in [6.45, 7) is 8.36. The minimum absolute atomic E-state index is 0.874. The van der Waals surface area contributed by atoms with Crippen molar-refractivity contribution in [2.24, 2.45) is 4.99 Å². The van der Waals surface area contributed by atoms with Crippen LogP contribution in [0.15, 0.2) is 4.99 Å². The summed E-state index contributed by atoms with van der Waals surface area (Å²) >= 11 is 0. The van der Waals surface area contributed by atoms with Gasteiger partial charge in [0.1, 0.15) is 0 Å². The molecule has 0 saturated carbocycles. The van der Waals surface area contributed by atoms with E-state index >= 15 is 0 Å². The van der Waals surface area contributed by atoms with E-state index in [1.807, 2.05) is 0 Å². The second kappa shape index (κ2) is 4.21. The van der Waals surface area contributed by atoms with Crippen LogP contribution in [0.4, 0.5) is 0 Å². The monoisotopic (exact) mass is 155 g/mol. The first-order valence-corrected chi connectivity index (χ1v) is 4.41. The lowest BCUT2D eigenvalue weighted by Gasteiger charge is -2.33. The van der Waals surface area contributed by atoms with Gasteiger partial charge in [-0.15, -0.1) is 0 Å². The molecule has 0 spiro atoms. The molecule has 1 heterocycles. The zero-order chi connectivity index (χ0) is 8.10. The summed E-state index contributed by atoms with van der Waals surface area (Å²) < 4.78 is 0. The highest BCUT2D eigenvalue weighted by Crippen LogP contribution is 2.05. The van der Waals surface area contributed by atoms with E-state index in [2.05, 4.69) is 29.1 Å². The van der Waals surface area contributed by atoms with Gasteiger partial charge >= 0.3 is 0 Å². The molecule has 64 valence electrons. The summed E-state index contributed by atoms with van der Waals surface area (Å²) in [4.78, 5) is 6.65. The van der Waals surface area contributed by atoms with Gasteiger partial charge in [-0.05, 0) is 20.3 Å². The quantitative estimate of drug-likeness (QED) is 0.469. The zero-order valence-electron chi connectivity index (χ0n) is 7.43. The average molecular weight is 155 g/mol. The van der Waals surface area contributed by atoms with Crippen molar-refractivity contribution in [3.8, 4) is 0 Å². The molecule has 0 radical (unpaired) electrons. The van der Waals surface area contributed by atoms with E-state index < -0.39 is 0 Å². The lowest BCUT2D eigenvalue weighted by atomic mass is 10.2. The van der Waals surface area contributed by atoms with E-state index in [1.54, 1.807) is 0 Å². The van der Waals surface area contributed by atoms with E-state index in [0.29, 0.717) is 0 Å². The van der Waals surface area contributed by atoms with Crippen molar-refractivity contribution in [2.45, 2.75) is 20.3 Å². The Morgan fingerprint density at radius 3 is 2.55 bits per heavy atom. The lowest BCUT2D eigenvalue weighted by Crippen LogP contribution is -2.48. The van der Waals surface area contributed by atoms with Crippen LogP contribution in [0.2, 0.25) is 0 Å². The number of nitrogens with zero attached hydrogens (tertiary/aromatic N) is 2. The van der Waals surface area contributed by atoms with Crippen molar-refractivity contribution in [3.05, 3.63) is 0 Å². The number of likely N-dealkylation sites (tertiary alicyclic amines) is 1. The van der Waals surface area contributed by atoms with Gasteiger partial charge in [-0.25, -0.2) is 0 Å². The van der Waals surface area contributed by atoms with Gasteiger partial charge in [0.2, 0.25) is 0 Å². The molecule has 1 N–H and O–H groups in total. The summed E-state index contributed by atoms with van der Waals surface area (Å²) in [5, 5.41) is 3.26. The fourth-order valence-corrected chi connectivity index (χ4v) is 1.10. The Labute approximate surface area is 68.5 Å². The topological polar surface area (TPSA) is 27.6 Å². The second-order valence-electron chi connectivity index (χ2n) is 2.67. The predicted molar refractivity (Wildman–Crippen MR) is 47.8 cm³/mol. The molecule has 0 bridgehead atoms. The Morgan fingerprint density at radius 1 is 1.45 bits per heavy atom. The van der Waals surface area contributed by atoms with Crippen LogP contribution in [-0.4, -0.2) is 37.0 Å². The summed E-state index contributed by atoms with van der Waals surface area (Å²) in [6.07, 6.45) is 1.31.